The first-order valence-corrected chi connectivity index (χ1v) is 12.2. The second-order valence-electron chi connectivity index (χ2n) is 7.94. The maximum atomic E-state index is 14.0. The van der Waals surface area contributed by atoms with Gasteiger partial charge in [-0.3, -0.25) is 14.5 Å². The van der Waals surface area contributed by atoms with Crippen molar-refractivity contribution in [1.29, 1.82) is 0 Å². The standard InChI is InChI=1S/C27H23BrFN3O5/c1-2-36-23-14-17(12-20(28)25(23)37-16-24(33)30-19-9-4-3-5-10-19)13-22-26(34)32(27(35)31-22)15-18-8-6-7-11-21(18)29/h3-14H,2,15-16H2,1H3,(H,30,33)(H,31,35)/b22-13+. The fourth-order valence-electron chi connectivity index (χ4n) is 3.61. The van der Waals surface area contributed by atoms with Crippen LogP contribution in [0.2, 0.25) is 0 Å². The van der Waals surface area contributed by atoms with Crippen molar-refractivity contribution in [2.24, 2.45) is 0 Å². The maximum Gasteiger partial charge on any atom is 0.329 e. The predicted molar refractivity (Wildman–Crippen MR) is 139 cm³/mol. The minimum Gasteiger partial charge on any atom is -0.490 e. The Morgan fingerprint density at radius 2 is 1.81 bits per heavy atom. The van der Waals surface area contributed by atoms with Crippen molar-refractivity contribution < 1.29 is 28.2 Å². The van der Waals surface area contributed by atoms with E-state index in [1.165, 1.54) is 24.3 Å². The van der Waals surface area contributed by atoms with Crippen molar-refractivity contribution in [2.45, 2.75) is 13.5 Å². The van der Waals surface area contributed by atoms with Gasteiger partial charge in [-0.25, -0.2) is 9.18 Å². The van der Waals surface area contributed by atoms with Gasteiger partial charge in [-0.2, -0.15) is 0 Å². The molecule has 4 amide bonds. The van der Waals surface area contributed by atoms with Crippen molar-refractivity contribution in [3.8, 4) is 11.5 Å². The van der Waals surface area contributed by atoms with Gasteiger partial charge in [-0.1, -0.05) is 36.4 Å². The van der Waals surface area contributed by atoms with Gasteiger partial charge in [0.2, 0.25) is 0 Å². The van der Waals surface area contributed by atoms with Crippen LogP contribution in [0.25, 0.3) is 6.08 Å². The summed E-state index contributed by atoms with van der Waals surface area (Å²) in [7, 11) is 0. The molecule has 1 aliphatic heterocycles. The molecule has 2 N–H and O–H groups in total. The van der Waals surface area contributed by atoms with Gasteiger partial charge >= 0.3 is 6.03 Å². The third kappa shape index (κ3) is 6.34. The van der Waals surface area contributed by atoms with E-state index in [1.54, 1.807) is 37.3 Å². The number of hydrogen-bond donors (Lipinski definition) is 2. The number of urea groups is 1. The van der Waals surface area contributed by atoms with Crippen LogP contribution < -0.4 is 20.1 Å². The molecule has 4 rings (SSSR count). The van der Waals surface area contributed by atoms with Crippen LogP contribution in [-0.2, 0) is 16.1 Å². The number of halogens is 2. The van der Waals surface area contributed by atoms with Gasteiger partial charge in [0.15, 0.2) is 18.1 Å². The number of ether oxygens (including phenoxy) is 2. The first kappa shape index (κ1) is 25.9. The lowest BCUT2D eigenvalue weighted by atomic mass is 10.1. The lowest BCUT2D eigenvalue weighted by Gasteiger charge is -2.15. The second kappa shape index (κ2) is 11.7. The highest BCUT2D eigenvalue weighted by atomic mass is 79.9. The summed E-state index contributed by atoms with van der Waals surface area (Å²) in [5.41, 5.74) is 1.44. The van der Waals surface area contributed by atoms with E-state index in [0.717, 1.165) is 4.90 Å². The van der Waals surface area contributed by atoms with Crippen molar-refractivity contribution in [2.75, 3.05) is 18.5 Å². The van der Waals surface area contributed by atoms with Gasteiger partial charge in [0.05, 0.1) is 17.6 Å². The molecule has 1 aliphatic rings. The van der Waals surface area contributed by atoms with Gasteiger partial charge in [-0.05, 0) is 64.8 Å². The Balaban J connectivity index is 1.50. The fourth-order valence-corrected chi connectivity index (χ4v) is 4.18. The van der Waals surface area contributed by atoms with Crippen molar-refractivity contribution in [3.05, 3.63) is 93.8 Å². The van der Waals surface area contributed by atoms with Gasteiger partial charge in [0.25, 0.3) is 11.8 Å². The van der Waals surface area contributed by atoms with E-state index in [4.69, 9.17) is 9.47 Å². The van der Waals surface area contributed by atoms with E-state index in [2.05, 4.69) is 26.6 Å². The number of anilines is 1. The quantitative estimate of drug-likeness (QED) is 0.277. The highest BCUT2D eigenvalue weighted by Gasteiger charge is 2.34. The fraction of sp³-hybridized carbons (Fsp3) is 0.148. The Morgan fingerprint density at radius 3 is 2.54 bits per heavy atom. The molecule has 1 fully saturated rings. The van der Waals surface area contributed by atoms with E-state index in [1.807, 2.05) is 18.2 Å². The molecule has 0 aromatic heterocycles. The molecule has 10 heteroatoms. The summed E-state index contributed by atoms with van der Waals surface area (Å²) >= 11 is 3.44. The zero-order chi connectivity index (χ0) is 26.4. The molecule has 0 radical (unpaired) electrons. The molecule has 3 aromatic rings. The lowest BCUT2D eigenvalue weighted by molar-refractivity contribution is -0.123. The normalized spacial score (nSPS) is 14.0. The Kier molecular flexibility index (Phi) is 8.19. The number of amides is 4. The van der Waals surface area contributed by atoms with Crippen LogP contribution in [0.5, 0.6) is 11.5 Å². The molecule has 0 atom stereocenters. The number of hydrogen-bond acceptors (Lipinski definition) is 5. The van der Waals surface area contributed by atoms with E-state index >= 15 is 0 Å². The Hall–Kier alpha value is -4.18. The summed E-state index contributed by atoms with van der Waals surface area (Å²) in [6, 6.07) is 17.6. The van der Waals surface area contributed by atoms with Crippen molar-refractivity contribution in [1.82, 2.24) is 10.2 Å². The van der Waals surface area contributed by atoms with Crippen LogP contribution in [0.1, 0.15) is 18.1 Å². The average Bonchev–Trinajstić information content (AvgIpc) is 3.13. The molecule has 1 heterocycles. The topological polar surface area (TPSA) is 97.0 Å². The van der Waals surface area contributed by atoms with Crippen LogP contribution in [0.15, 0.2) is 76.9 Å². The summed E-state index contributed by atoms with van der Waals surface area (Å²) in [6.45, 7) is 1.67. The first-order valence-electron chi connectivity index (χ1n) is 11.4. The zero-order valence-electron chi connectivity index (χ0n) is 19.8. The zero-order valence-corrected chi connectivity index (χ0v) is 21.4. The summed E-state index contributed by atoms with van der Waals surface area (Å²) < 4.78 is 25.9. The minimum absolute atomic E-state index is 0.0339. The Bertz CT molecular complexity index is 1360. The molecule has 8 nitrogen and oxygen atoms in total. The van der Waals surface area contributed by atoms with Crippen LogP contribution in [0.3, 0.4) is 0 Å². The highest BCUT2D eigenvalue weighted by molar-refractivity contribution is 9.10. The molecule has 0 spiro atoms. The minimum atomic E-state index is -0.645. The Morgan fingerprint density at radius 1 is 1.08 bits per heavy atom. The number of rotatable bonds is 9. The molecule has 0 unspecified atom stereocenters. The lowest BCUT2D eigenvalue weighted by Crippen LogP contribution is -2.30. The average molecular weight is 568 g/mol. The predicted octanol–water partition coefficient (Wildman–Crippen LogP) is 5.10. The number of carbonyl (C=O) groups is 3. The molecule has 3 aromatic carbocycles. The summed E-state index contributed by atoms with van der Waals surface area (Å²) in [5.74, 6) is -0.772. The molecule has 190 valence electrons. The number of nitrogens with zero attached hydrogens (tertiary/aromatic N) is 1. The van der Waals surface area contributed by atoms with Gasteiger partial charge < -0.3 is 20.1 Å². The van der Waals surface area contributed by atoms with Crippen LogP contribution in [0, 0.1) is 5.82 Å². The number of carbonyl (C=O) groups excluding carboxylic acids is 3. The van der Waals surface area contributed by atoms with Crippen molar-refractivity contribution in [3.63, 3.8) is 0 Å². The first-order chi connectivity index (χ1) is 17.9. The number of nitrogens with one attached hydrogen (secondary N) is 2. The van der Waals surface area contributed by atoms with Crippen LogP contribution in [-0.4, -0.2) is 36.0 Å². The maximum absolute atomic E-state index is 14.0. The van der Waals surface area contributed by atoms with E-state index < -0.39 is 17.8 Å². The Labute approximate surface area is 221 Å². The molecule has 0 bridgehead atoms. The third-order valence-corrected chi connectivity index (χ3v) is 5.89. The van der Waals surface area contributed by atoms with E-state index in [-0.39, 0.29) is 30.3 Å². The number of benzene rings is 3. The van der Waals surface area contributed by atoms with Gasteiger partial charge in [-0.15, -0.1) is 0 Å². The largest absolute Gasteiger partial charge is 0.490 e. The van der Waals surface area contributed by atoms with Gasteiger partial charge in [0, 0.05) is 11.3 Å². The van der Waals surface area contributed by atoms with Crippen LogP contribution >= 0.6 is 15.9 Å². The molecular formula is C27H23BrFN3O5. The number of imide groups is 1. The highest BCUT2D eigenvalue weighted by Crippen LogP contribution is 2.37. The molecule has 0 saturated carbocycles. The van der Waals surface area contributed by atoms with E-state index in [0.29, 0.717) is 33.8 Å². The number of para-hydroxylation sites is 1. The van der Waals surface area contributed by atoms with E-state index in [9.17, 15) is 18.8 Å². The smallest absolute Gasteiger partial charge is 0.329 e. The molecule has 0 aliphatic carbocycles. The summed E-state index contributed by atoms with van der Waals surface area (Å²) in [4.78, 5) is 38.5. The third-order valence-electron chi connectivity index (χ3n) is 5.30. The summed E-state index contributed by atoms with van der Waals surface area (Å²) in [6.07, 6.45) is 1.49. The van der Waals surface area contributed by atoms with Crippen molar-refractivity contribution >= 4 is 45.5 Å². The molecular weight excluding hydrogens is 545 g/mol. The van der Waals surface area contributed by atoms with Gasteiger partial charge in [0.1, 0.15) is 11.5 Å². The molecule has 37 heavy (non-hydrogen) atoms. The van der Waals surface area contributed by atoms with Crippen LogP contribution in [0.4, 0.5) is 14.9 Å². The summed E-state index contributed by atoms with van der Waals surface area (Å²) in [5, 5.41) is 5.27. The monoisotopic (exact) mass is 567 g/mol. The SMILES string of the molecule is CCOc1cc(/C=C2/NC(=O)N(Cc3ccccc3F)C2=O)cc(Br)c1OCC(=O)Nc1ccccc1. The molecule has 1 saturated heterocycles. The second-order valence-corrected chi connectivity index (χ2v) is 8.79.